The lowest BCUT2D eigenvalue weighted by Crippen LogP contribution is -2.49. The van der Waals surface area contributed by atoms with Crippen LogP contribution in [0.15, 0.2) is 0 Å². The van der Waals surface area contributed by atoms with Gasteiger partial charge in [0.1, 0.15) is 0 Å². The first-order valence-electron chi connectivity index (χ1n) is 4.62. The standard InChI is InChI=1S/C8H17N3O/c1-2-9-8(12)10-11-6-4-3-5-7-11/h2-7H2,1H3,(H2,9,10,12). The van der Waals surface area contributed by atoms with Gasteiger partial charge in [-0.15, -0.1) is 0 Å². The maximum Gasteiger partial charge on any atom is 0.329 e. The first-order valence-corrected chi connectivity index (χ1v) is 4.62. The summed E-state index contributed by atoms with van der Waals surface area (Å²) in [5, 5.41) is 4.68. The Bertz CT molecular complexity index is 143. The van der Waals surface area contributed by atoms with Crippen molar-refractivity contribution in [1.29, 1.82) is 0 Å². The summed E-state index contributed by atoms with van der Waals surface area (Å²) in [6.07, 6.45) is 3.66. The second-order valence-electron chi connectivity index (χ2n) is 3.02. The molecule has 1 rings (SSSR count). The van der Waals surface area contributed by atoms with Crippen LogP contribution in [0.2, 0.25) is 0 Å². The molecule has 2 amide bonds. The van der Waals surface area contributed by atoms with Crippen molar-refractivity contribution in [3.63, 3.8) is 0 Å². The van der Waals surface area contributed by atoms with Gasteiger partial charge in [0.05, 0.1) is 0 Å². The molecule has 0 saturated carbocycles. The number of carbonyl (C=O) groups excluding carboxylic acids is 1. The average Bonchev–Trinajstić information content (AvgIpc) is 2.06. The summed E-state index contributed by atoms with van der Waals surface area (Å²) in [5.41, 5.74) is 2.80. The summed E-state index contributed by atoms with van der Waals surface area (Å²) in [7, 11) is 0. The molecule has 0 unspecified atom stereocenters. The fourth-order valence-electron chi connectivity index (χ4n) is 1.35. The first kappa shape index (κ1) is 9.32. The first-order chi connectivity index (χ1) is 5.83. The van der Waals surface area contributed by atoms with E-state index >= 15 is 0 Å². The minimum absolute atomic E-state index is 0.0839. The largest absolute Gasteiger partial charge is 0.337 e. The summed E-state index contributed by atoms with van der Waals surface area (Å²) in [5.74, 6) is 0. The lowest BCUT2D eigenvalue weighted by Gasteiger charge is -2.26. The molecule has 4 heteroatoms. The number of carbonyl (C=O) groups is 1. The molecule has 0 atom stereocenters. The second-order valence-corrected chi connectivity index (χ2v) is 3.02. The number of piperidine rings is 1. The topological polar surface area (TPSA) is 44.4 Å². The molecule has 1 fully saturated rings. The molecule has 0 bridgehead atoms. The van der Waals surface area contributed by atoms with E-state index in [0.717, 1.165) is 13.1 Å². The molecule has 0 aromatic carbocycles. The molecule has 70 valence electrons. The number of hydrazine groups is 1. The summed E-state index contributed by atoms with van der Waals surface area (Å²) >= 11 is 0. The SMILES string of the molecule is CCNC(=O)NN1CCCCC1. The van der Waals surface area contributed by atoms with Gasteiger partial charge in [-0.3, -0.25) is 5.43 Å². The van der Waals surface area contributed by atoms with Gasteiger partial charge in [0.2, 0.25) is 0 Å². The number of amides is 2. The number of rotatable bonds is 2. The molecule has 12 heavy (non-hydrogen) atoms. The normalized spacial score (nSPS) is 18.8. The highest BCUT2D eigenvalue weighted by Gasteiger charge is 2.11. The quantitative estimate of drug-likeness (QED) is 0.642. The molecule has 0 spiro atoms. The third-order valence-corrected chi connectivity index (χ3v) is 1.95. The minimum Gasteiger partial charge on any atom is -0.337 e. The number of nitrogens with zero attached hydrogens (tertiary/aromatic N) is 1. The summed E-state index contributed by atoms with van der Waals surface area (Å²) < 4.78 is 0. The van der Waals surface area contributed by atoms with Crippen molar-refractivity contribution in [2.24, 2.45) is 0 Å². The highest BCUT2D eigenvalue weighted by Crippen LogP contribution is 2.05. The van der Waals surface area contributed by atoms with E-state index < -0.39 is 0 Å². The Morgan fingerprint density at radius 2 is 2.00 bits per heavy atom. The smallest absolute Gasteiger partial charge is 0.329 e. The van der Waals surface area contributed by atoms with Crippen molar-refractivity contribution in [2.75, 3.05) is 19.6 Å². The Kier molecular flexibility index (Phi) is 3.87. The summed E-state index contributed by atoms with van der Waals surface area (Å²) in [6.45, 7) is 4.56. The van der Waals surface area contributed by atoms with E-state index in [0.29, 0.717) is 6.54 Å². The predicted molar refractivity (Wildman–Crippen MR) is 47.6 cm³/mol. The van der Waals surface area contributed by atoms with Gasteiger partial charge >= 0.3 is 6.03 Å². The van der Waals surface area contributed by atoms with Crippen LogP contribution in [0.1, 0.15) is 26.2 Å². The van der Waals surface area contributed by atoms with Crippen LogP contribution in [0, 0.1) is 0 Å². The van der Waals surface area contributed by atoms with Crippen molar-refractivity contribution >= 4 is 6.03 Å². The lowest BCUT2D eigenvalue weighted by atomic mass is 10.2. The minimum atomic E-state index is -0.0839. The molecule has 4 nitrogen and oxygen atoms in total. The van der Waals surface area contributed by atoms with Crippen LogP contribution in [-0.2, 0) is 0 Å². The predicted octanol–water partition coefficient (Wildman–Crippen LogP) is 0.706. The summed E-state index contributed by atoms with van der Waals surface area (Å²) in [4.78, 5) is 11.0. The Morgan fingerprint density at radius 1 is 1.33 bits per heavy atom. The zero-order chi connectivity index (χ0) is 8.81. The highest BCUT2D eigenvalue weighted by atomic mass is 16.2. The van der Waals surface area contributed by atoms with E-state index in [-0.39, 0.29) is 6.03 Å². The number of hydrogen-bond donors (Lipinski definition) is 2. The van der Waals surface area contributed by atoms with Crippen molar-refractivity contribution in [1.82, 2.24) is 15.8 Å². The molecule has 0 radical (unpaired) electrons. The summed E-state index contributed by atoms with van der Waals surface area (Å²) in [6, 6.07) is -0.0839. The van der Waals surface area contributed by atoms with Gasteiger partial charge in [0, 0.05) is 19.6 Å². The van der Waals surface area contributed by atoms with Gasteiger partial charge in [0.25, 0.3) is 0 Å². The van der Waals surface area contributed by atoms with E-state index in [1.165, 1.54) is 19.3 Å². The van der Waals surface area contributed by atoms with Gasteiger partial charge in [0.15, 0.2) is 0 Å². The van der Waals surface area contributed by atoms with Crippen LogP contribution in [0.25, 0.3) is 0 Å². The van der Waals surface area contributed by atoms with E-state index in [1.807, 2.05) is 11.9 Å². The van der Waals surface area contributed by atoms with Gasteiger partial charge in [-0.05, 0) is 19.8 Å². The Labute approximate surface area is 73.3 Å². The monoisotopic (exact) mass is 171 g/mol. The lowest BCUT2D eigenvalue weighted by molar-refractivity contribution is 0.155. The van der Waals surface area contributed by atoms with Gasteiger partial charge in [-0.25, -0.2) is 9.80 Å². The van der Waals surface area contributed by atoms with Crippen LogP contribution < -0.4 is 10.7 Å². The van der Waals surface area contributed by atoms with Gasteiger partial charge in [-0.2, -0.15) is 0 Å². The fraction of sp³-hybridized carbons (Fsp3) is 0.875. The molecular formula is C8H17N3O. The Balaban J connectivity index is 2.15. The van der Waals surface area contributed by atoms with E-state index in [9.17, 15) is 4.79 Å². The Hall–Kier alpha value is -0.770. The highest BCUT2D eigenvalue weighted by molar-refractivity contribution is 5.73. The van der Waals surface area contributed by atoms with Crippen LogP contribution in [0.3, 0.4) is 0 Å². The van der Waals surface area contributed by atoms with Crippen LogP contribution >= 0.6 is 0 Å². The Morgan fingerprint density at radius 3 is 2.58 bits per heavy atom. The molecule has 1 saturated heterocycles. The van der Waals surface area contributed by atoms with Crippen molar-refractivity contribution in [2.45, 2.75) is 26.2 Å². The average molecular weight is 171 g/mol. The van der Waals surface area contributed by atoms with Crippen LogP contribution in [0.5, 0.6) is 0 Å². The fourth-order valence-corrected chi connectivity index (χ4v) is 1.35. The third-order valence-electron chi connectivity index (χ3n) is 1.95. The molecule has 1 aliphatic heterocycles. The zero-order valence-corrected chi connectivity index (χ0v) is 7.60. The maximum absolute atomic E-state index is 11.0. The molecular weight excluding hydrogens is 154 g/mol. The van der Waals surface area contributed by atoms with Crippen LogP contribution in [-0.4, -0.2) is 30.7 Å². The van der Waals surface area contributed by atoms with Crippen molar-refractivity contribution in [3.8, 4) is 0 Å². The molecule has 1 heterocycles. The van der Waals surface area contributed by atoms with E-state index in [2.05, 4.69) is 10.7 Å². The van der Waals surface area contributed by atoms with Crippen molar-refractivity contribution < 1.29 is 4.79 Å². The van der Waals surface area contributed by atoms with E-state index in [4.69, 9.17) is 0 Å². The molecule has 0 aliphatic carbocycles. The zero-order valence-electron chi connectivity index (χ0n) is 7.60. The molecule has 2 N–H and O–H groups in total. The van der Waals surface area contributed by atoms with Gasteiger partial charge in [-0.1, -0.05) is 6.42 Å². The molecule has 0 aromatic heterocycles. The molecule has 1 aliphatic rings. The van der Waals surface area contributed by atoms with Crippen LogP contribution in [0.4, 0.5) is 4.79 Å². The van der Waals surface area contributed by atoms with Gasteiger partial charge < -0.3 is 5.32 Å². The number of urea groups is 1. The number of nitrogens with one attached hydrogen (secondary N) is 2. The third kappa shape index (κ3) is 3.09. The maximum atomic E-state index is 11.0. The van der Waals surface area contributed by atoms with Crippen molar-refractivity contribution in [3.05, 3.63) is 0 Å². The molecule has 0 aromatic rings. The number of hydrogen-bond acceptors (Lipinski definition) is 2. The second kappa shape index (κ2) is 4.98. The van der Waals surface area contributed by atoms with E-state index in [1.54, 1.807) is 0 Å².